The number of carbonyl (C=O) groups excluding carboxylic acids is 2. The molecule has 0 amide bonds. The number of carbonyl (C=O) groups is 2. The first-order valence-electron chi connectivity index (χ1n) is 10.3. The van der Waals surface area contributed by atoms with Gasteiger partial charge in [0, 0.05) is 22.3 Å². The summed E-state index contributed by atoms with van der Waals surface area (Å²) in [6.07, 6.45) is 8.25. The molecule has 0 aromatic rings. The Morgan fingerprint density at radius 3 is 2.22 bits per heavy atom. The zero-order valence-corrected chi connectivity index (χ0v) is 18.4. The third kappa shape index (κ3) is 7.21. The Bertz CT molecular complexity index is 657. The van der Waals surface area contributed by atoms with E-state index in [4.69, 9.17) is 0 Å². The number of Topliss-reactive ketones (excluding diaryl/α,β-unsaturated/α-hetero) is 2. The van der Waals surface area contributed by atoms with E-state index >= 15 is 0 Å². The van der Waals surface area contributed by atoms with Crippen molar-refractivity contribution in [3.8, 4) is 0 Å². The van der Waals surface area contributed by atoms with Gasteiger partial charge in [-0.2, -0.15) is 0 Å². The van der Waals surface area contributed by atoms with Crippen molar-refractivity contribution >= 4 is 11.6 Å². The smallest absolute Gasteiger partial charge is 0.185 e. The third-order valence-electron chi connectivity index (χ3n) is 5.75. The molecular weight excluding hydrogens is 336 g/mol. The molecule has 0 aromatic heterocycles. The first kappa shape index (κ1) is 23.6. The summed E-state index contributed by atoms with van der Waals surface area (Å²) < 4.78 is 0. The first-order chi connectivity index (χ1) is 12.5. The summed E-state index contributed by atoms with van der Waals surface area (Å²) in [5.41, 5.74) is 2.75. The SMILES string of the molecule is CC1=C(C)C(=O)C(CCC(C)(O)CC/C=C(\C)CCCC(C)C)=C(C)C1=O. The van der Waals surface area contributed by atoms with Crippen LogP contribution in [0.5, 0.6) is 0 Å². The van der Waals surface area contributed by atoms with Gasteiger partial charge < -0.3 is 5.11 Å². The maximum absolute atomic E-state index is 12.5. The molecule has 0 bridgehead atoms. The summed E-state index contributed by atoms with van der Waals surface area (Å²) in [6.45, 7) is 13.6. The molecule has 3 heteroatoms. The van der Waals surface area contributed by atoms with Crippen LogP contribution in [0.15, 0.2) is 33.9 Å². The van der Waals surface area contributed by atoms with Crippen LogP contribution in [0.25, 0.3) is 0 Å². The lowest BCUT2D eigenvalue weighted by Crippen LogP contribution is -2.26. The highest BCUT2D eigenvalue weighted by atomic mass is 16.3. The van der Waals surface area contributed by atoms with Gasteiger partial charge in [0.1, 0.15) is 0 Å². The predicted octanol–water partition coefficient (Wildman–Crippen LogP) is 5.88. The fraction of sp³-hybridized carbons (Fsp3) is 0.667. The van der Waals surface area contributed by atoms with Crippen molar-refractivity contribution in [1.29, 1.82) is 0 Å². The Morgan fingerprint density at radius 2 is 1.63 bits per heavy atom. The summed E-state index contributed by atoms with van der Waals surface area (Å²) in [4.78, 5) is 24.8. The van der Waals surface area contributed by atoms with Gasteiger partial charge in [-0.3, -0.25) is 9.59 Å². The van der Waals surface area contributed by atoms with Crippen molar-refractivity contribution in [2.24, 2.45) is 5.92 Å². The van der Waals surface area contributed by atoms with Crippen LogP contribution in [0.4, 0.5) is 0 Å². The molecule has 1 unspecified atom stereocenters. The zero-order valence-electron chi connectivity index (χ0n) is 18.4. The van der Waals surface area contributed by atoms with Crippen molar-refractivity contribution < 1.29 is 14.7 Å². The van der Waals surface area contributed by atoms with Gasteiger partial charge >= 0.3 is 0 Å². The fourth-order valence-electron chi connectivity index (χ4n) is 3.50. The number of hydrogen-bond acceptors (Lipinski definition) is 3. The van der Waals surface area contributed by atoms with Gasteiger partial charge in [-0.25, -0.2) is 0 Å². The van der Waals surface area contributed by atoms with E-state index in [9.17, 15) is 14.7 Å². The molecule has 0 radical (unpaired) electrons. The lowest BCUT2D eigenvalue weighted by molar-refractivity contribution is -0.116. The quantitative estimate of drug-likeness (QED) is 0.384. The highest BCUT2D eigenvalue weighted by Gasteiger charge is 2.29. The van der Waals surface area contributed by atoms with E-state index in [1.807, 2.05) is 6.92 Å². The second-order valence-electron chi connectivity index (χ2n) is 8.88. The molecule has 1 atom stereocenters. The molecule has 3 nitrogen and oxygen atoms in total. The molecule has 0 saturated heterocycles. The van der Waals surface area contributed by atoms with Gasteiger partial charge in [0.2, 0.25) is 0 Å². The van der Waals surface area contributed by atoms with Crippen LogP contribution in [-0.4, -0.2) is 22.3 Å². The van der Waals surface area contributed by atoms with E-state index < -0.39 is 5.60 Å². The average Bonchev–Trinajstić information content (AvgIpc) is 2.57. The first-order valence-corrected chi connectivity index (χ1v) is 10.3. The zero-order chi connectivity index (χ0) is 20.8. The maximum Gasteiger partial charge on any atom is 0.185 e. The number of allylic oxidation sites excluding steroid dienone is 6. The minimum atomic E-state index is -0.838. The topological polar surface area (TPSA) is 54.4 Å². The van der Waals surface area contributed by atoms with Crippen LogP contribution in [0.1, 0.15) is 93.4 Å². The van der Waals surface area contributed by atoms with E-state index in [1.54, 1.807) is 20.8 Å². The maximum atomic E-state index is 12.5. The van der Waals surface area contributed by atoms with Crippen molar-refractivity contribution in [2.45, 2.75) is 99.0 Å². The lowest BCUT2D eigenvalue weighted by atomic mass is 9.82. The Labute approximate surface area is 165 Å². The number of aliphatic hydroxyl groups is 1. The molecule has 0 aromatic carbocycles. The van der Waals surface area contributed by atoms with E-state index in [1.165, 1.54) is 18.4 Å². The molecular formula is C24H38O3. The summed E-state index contributed by atoms with van der Waals surface area (Å²) >= 11 is 0. The normalized spacial score (nSPS) is 18.6. The molecule has 1 aliphatic carbocycles. The minimum absolute atomic E-state index is 0.0401. The third-order valence-corrected chi connectivity index (χ3v) is 5.75. The Hall–Kier alpha value is -1.48. The standard InChI is InChI=1S/C24H38O3/c1-16(2)10-8-11-17(3)12-9-14-24(7,27)15-13-21-20(6)22(25)18(4)19(5)23(21)26/h12,16,27H,8-11,13-15H2,1-7H3/b17-12+. The summed E-state index contributed by atoms with van der Waals surface area (Å²) in [7, 11) is 0. The van der Waals surface area contributed by atoms with Gasteiger partial charge in [0.25, 0.3) is 0 Å². The second kappa shape index (κ2) is 10.2. The number of rotatable bonds is 10. The molecule has 152 valence electrons. The molecule has 0 aliphatic heterocycles. The number of hydrogen-bond donors (Lipinski definition) is 1. The van der Waals surface area contributed by atoms with Crippen molar-refractivity contribution in [3.05, 3.63) is 33.9 Å². The molecule has 1 rings (SSSR count). The van der Waals surface area contributed by atoms with Crippen LogP contribution in [0, 0.1) is 5.92 Å². The molecule has 0 spiro atoms. The minimum Gasteiger partial charge on any atom is -0.390 e. The van der Waals surface area contributed by atoms with Crippen LogP contribution in [0.3, 0.4) is 0 Å². The molecule has 27 heavy (non-hydrogen) atoms. The largest absolute Gasteiger partial charge is 0.390 e. The second-order valence-corrected chi connectivity index (χ2v) is 8.88. The lowest BCUT2D eigenvalue weighted by Gasteiger charge is -2.25. The molecule has 1 aliphatic rings. The highest BCUT2D eigenvalue weighted by molar-refractivity contribution is 6.24. The number of ketones is 2. The van der Waals surface area contributed by atoms with Crippen LogP contribution in [0.2, 0.25) is 0 Å². The van der Waals surface area contributed by atoms with Gasteiger partial charge in [-0.1, -0.05) is 31.9 Å². The highest BCUT2D eigenvalue weighted by Crippen LogP contribution is 2.30. The fourth-order valence-corrected chi connectivity index (χ4v) is 3.50. The summed E-state index contributed by atoms with van der Waals surface area (Å²) in [6, 6.07) is 0. The Kier molecular flexibility index (Phi) is 8.87. The molecule has 0 fully saturated rings. The molecule has 0 heterocycles. The van der Waals surface area contributed by atoms with Crippen LogP contribution in [-0.2, 0) is 9.59 Å². The van der Waals surface area contributed by atoms with Crippen molar-refractivity contribution in [2.75, 3.05) is 0 Å². The molecule has 0 saturated carbocycles. The van der Waals surface area contributed by atoms with Crippen molar-refractivity contribution in [1.82, 2.24) is 0 Å². The summed E-state index contributed by atoms with van der Waals surface area (Å²) in [5.74, 6) is 0.663. The summed E-state index contributed by atoms with van der Waals surface area (Å²) in [5, 5.41) is 10.7. The van der Waals surface area contributed by atoms with Gasteiger partial charge in [-0.05, 0) is 79.1 Å². The van der Waals surface area contributed by atoms with Crippen LogP contribution < -0.4 is 0 Å². The van der Waals surface area contributed by atoms with Gasteiger partial charge in [-0.15, -0.1) is 0 Å². The van der Waals surface area contributed by atoms with E-state index in [-0.39, 0.29) is 11.6 Å². The van der Waals surface area contributed by atoms with Gasteiger partial charge in [0.15, 0.2) is 11.6 Å². The van der Waals surface area contributed by atoms with Crippen molar-refractivity contribution in [3.63, 3.8) is 0 Å². The molecule has 1 N–H and O–H groups in total. The Morgan fingerprint density at radius 1 is 1.04 bits per heavy atom. The van der Waals surface area contributed by atoms with Gasteiger partial charge in [0.05, 0.1) is 5.60 Å². The van der Waals surface area contributed by atoms with E-state index in [0.29, 0.717) is 41.6 Å². The Balaban J connectivity index is 2.56. The van der Waals surface area contributed by atoms with Crippen LogP contribution >= 0.6 is 0 Å². The predicted molar refractivity (Wildman–Crippen MR) is 113 cm³/mol. The van der Waals surface area contributed by atoms with E-state index in [0.717, 1.165) is 18.8 Å². The average molecular weight is 375 g/mol. The van der Waals surface area contributed by atoms with E-state index in [2.05, 4.69) is 26.8 Å². The monoisotopic (exact) mass is 374 g/mol.